The lowest BCUT2D eigenvalue weighted by Gasteiger charge is -2.10. The molecule has 0 aliphatic rings. The van der Waals surface area contributed by atoms with Crippen molar-refractivity contribution in [3.63, 3.8) is 0 Å². The van der Waals surface area contributed by atoms with Gasteiger partial charge in [-0.25, -0.2) is 9.97 Å². The topological polar surface area (TPSA) is 91.7 Å². The van der Waals surface area contributed by atoms with Gasteiger partial charge in [-0.3, -0.25) is 4.57 Å². The van der Waals surface area contributed by atoms with Crippen molar-refractivity contribution in [1.29, 1.82) is 0 Å². The first-order valence-corrected chi connectivity index (χ1v) is 8.47. The molecular weight excluding hydrogens is 360 g/mol. The van der Waals surface area contributed by atoms with Gasteiger partial charge in [0.1, 0.15) is 15.9 Å². The van der Waals surface area contributed by atoms with E-state index in [1.165, 1.54) is 11.8 Å². The SMILES string of the molecule is C=CCn1c(Sc2cc(Cl)nc(N)n2)nnc1-c1ccccc1OC. The van der Waals surface area contributed by atoms with Crippen LogP contribution in [-0.2, 0) is 6.54 Å². The Morgan fingerprint density at radius 1 is 1.32 bits per heavy atom. The van der Waals surface area contributed by atoms with Crippen molar-refractivity contribution in [3.8, 4) is 17.1 Å². The van der Waals surface area contributed by atoms with Crippen molar-refractivity contribution in [3.05, 3.63) is 48.1 Å². The molecule has 25 heavy (non-hydrogen) atoms. The molecule has 0 unspecified atom stereocenters. The molecule has 0 bridgehead atoms. The van der Waals surface area contributed by atoms with Gasteiger partial charge in [-0.05, 0) is 23.9 Å². The first-order chi connectivity index (χ1) is 12.1. The van der Waals surface area contributed by atoms with Gasteiger partial charge in [-0.1, -0.05) is 29.8 Å². The van der Waals surface area contributed by atoms with E-state index in [0.29, 0.717) is 28.3 Å². The van der Waals surface area contributed by atoms with Crippen LogP contribution in [0.1, 0.15) is 0 Å². The van der Waals surface area contributed by atoms with Gasteiger partial charge in [-0.15, -0.1) is 16.8 Å². The fourth-order valence-electron chi connectivity index (χ4n) is 2.25. The minimum atomic E-state index is 0.106. The van der Waals surface area contributed by atoms with Crippen LogP contribution in [0.25, 0.3) is 11.4 Å². The van der Waals surface area contributed by atoms with Crippen molar-refractivity contribution >= 4 is 29.3 Å². The summed E-state index contributed by atoms with van der Waals surface area (Å²) in [4.78, 5) is 8.01. The lowest BCUT2D eigenvalue weighted by molar-refractivity contribution is 0.416. The van der Waals surface area contributed by atoms with Gasteiger partial charge in [0, 0.05) is 12.6 Å². The van der Waals surface area contributed by atoms with Crippen molar-refractivity contribution in [2.45, 2.75) is 16.7 Å². The monoisotopic (exact) mass is 374 g/mol. The summed E-state index contributed by atoms with van der Waals surface area (Å²) < 4.78 is 7.34. The summed E-state index contributed by atoms with van der Waals surface area (Å²) in [5, 5.41) is 10.1. The van der Waals surface area contributed by atoms with Gasteiger partial charge >= 0.3 is 0 Å². The van der Waals surface area contributed by atoms with Gasteiger partial charge in [0.25, 0.3) is 0 Å². The van der Waals surface area contributed by atoms with Crippen LogP contribution in [0.3, 0.4) is 0 Å². The maximum atomic E-state index is 5.94. The van der Waals surface area contributed by atoms with E-state index in [0.717, 1.165) is 5.56 Å². The van der Waals surface area contributed by atoms with E-state index in [-0.39, 0.29) is 11.1 Å². The predicted molar refractivity (Wildman–Crippen MR) is 97.8 cm³/mol. The Hall–Kier alpha value is -2.58. The summed E-state index contributed by atoms with van der Waals surface area (Å²) >= 11 is 7.23. The number of benzene rings is 1. The zero-order valence-corrected chi connectivity index (χ0v) is 15.0. The molecule has 0 spiro atoms. The van der Waals surface area contributed by atoms with E-state index < -0.39 is 0 Å². The Labute approximate surface area is 153 Å². The van der Waals surface area contributed by atoms with Crippen LogP contribution in [0.4, 0.5) is 5.95 Å². The van der Waals surface area contributed by atoms with Gasteiger partial charge in [0.15, 0.2) is 11.0 Å². The molecule has 0 aliphatic heterocycles. The van der Waals surface area contributed by atoms with Crippen LogP contribution in [0.2, 0.25) is 5.15 Å². The highest BCUT2D eigenvalue weighted by Gasteiger charge is 2.18. The number of hydrogen-bond acceptors (Lipinski definition) is 7. The zero-order valence-electron chi connectivity index (χ0n) is 13.4. The van der Waals surface area contributed by atoms with Gasteiger partial charge in [0.2, 0.25) is 5.95 Å². The van der Waals surface area contributed by atoms with E-state index in [9.17, 15) is 0 Å². The fraction of sp³-hybridized carbons (Fsp3) is 0.125. The maximum Gasteiger partial charge on any atom is 0.222 e. The van der Waals surface area contributed by atoms with E-state index in [4.69, 9.17) is 22.1 Å². The Kier molecular flexibility index (Phi) is 5.20. The number of allylic oxidation sites excluding steroid dienone is 1. The van der Waals surface area contributed by atoms with Crippen LogP contribution >= 0.6 is 23.4 Å². The molecule has 2 heterocycles. The average molecular weight is 375 g/mol. The number of anilines is 1. The number of methoxy groups -OCH3 is 1. The third-order valence-electron chi connectivity index (χ3n) is 3.26. The molecule has 3 rings (SSSR count). The van der Waals surface area contributed by atoms with Gasteiger partial charge < -0.3 is 10.5 Å². The third-order valence-corrected chi connectivity index (χ3v) is 4.36. The normalized spacial score (nSPS) is 10.6. The van der Waals surface area contributed by atoms with Crippen molar-refractivity contribution in [2.24, 2.45) is 0 Å². The number of nitrogen functional groups attached to an aromatic ring is 1. The molecule has 0 amide bonds. The molecule has 0 atom stereocenters. The maximum absolute atomic E-state index is 5.94. The Bertz CT molecular complexity index is 893. The number of nitrogens with two attached hydrogens (primary N) is 1. The summed E-state index contributed by atoms with van der Waals surface area (Å²) in [7, 11) is 1.62. The molecule has 0 saturated carbocycles. The minimum Gasteiger partial charge on any atom is -0.496 e. The second-order valence-electron chi connectivity index (χ2n) is 4.89. The molecule has 7 nitrogen and oxygen atoms in total. The summed E-state index contributed by atoms with van der Waals surface area (Å²) in [5.41, 5.74) is 6.49. The second-order valence-corrected chi connectivity index (χ2v) is 6.27. The lowest BCUT2D eigenvalue weighted by Crippen LogP contribution is -2.02. The average Bonchev–Trinajstić information content (AvgIpc) is 2.96. The molecule has 0 saturated heterocycles. The number of hydrogen-bond donors (Lipinski definition) is 1. The van der Waals surface area contributed by atoms with E-state index >= 15 is 0 Å². The highest BCUT2D eigenvalue weighted by molar-refractivity contribution is 7.99. The van der Waals surface area contributed by atoms with Crippen LogP contribution in [-0.4, -0.2) is 31.8 Å². The Balaban J connectivity index is 2.04. The van der Waals surface area contributed by atoms with E-state index in [1.807, 2.05) is 28.8 Å². The van der Waals surface area contributed by atoms with Crippen LogP contribution < -0.4 is 10.5 Å². The summed E-state index contributed by atoms with van der Waals surface area (Å²) in [6.45, 7) is 4.33. The van der Waals surface area contributed by atoms with E-state index in [1.54, 1.807) is 19.3 Å². The minimum absolute atomic E-state index is 0.106. The van der Waals surface area contributed by atoms with Crippen LogP contribution in [0, 0.1) is 0 Å². The van der Waals surface area contributed by atoms with Crippen LogP contribution in [0.5, 0.6) is 5.75 Å². The zero-order chi connectivity index (χ0) is 17.8. The Morgan fingerprint density at radius 3 is 2.84 bits per heavy atom. The lowest BCUT2D eigenvalue weighted by atomic mass is 10.2. The largest absolute Gasteiger partial charge is 0.496 e. The third kappa shape index (κ3) is 3.75. The smallest absolute Gasteiger partial charge is 0.222 e. The molecular formula is C16H15ClN6OS. The molecule has 0 aliphatic carbocycles. The molecule has 1 aromatic carbocycles. The second kappa shape index (κ2) is 7.54. The number of halogens is 1. The molecule has 0 fully saturated rings. The van der Waals surface area contributed by atoms with Crippen molar-refractivity contribution in [2.75, 3.05) is 12.8 Å². The van der Waals surface area contributed by atoms with Gasteiger partial charge in [0.05, 0.1) is 12.7 Å². The van der Waals surface area contributed by atoms with Gasteiger partial charge in [-0.2, -0.15) is 0 Å². The number of para-hydroxylation sites is 1. The molecule has 2 aromatic heterocycles. The van der Waals surface area contributed by atoms with Crippen molar-refractivity contribution in [1.82, 2.24) is 24.7 Å². The first-order valence-electron chi connectivity index (χ1n) is 7.27. The molecule has 0 radical (unpaired) electrons. The summed E-state index contributed by atoms with van der Waals surface area (Å²) in [6, 6.07) is 9.25. The number of nitrogens with zero attached hydrogens (tertiary/aromatic N) is 5. The molecule has 2 N–H and O–H groups in total. The quantitative estimate of drug-likeness (QED) is 0.522. The highest BCUT2D eigenvalue weighted by Crippen LogP contribution is 2.33. The van der Waals surface area contributed by atoms with Crippen molar-refractivity contribution < 1.29 is 4.74 Å². The fourth-order valence-corrected chi connectivity index (χ4v) is 3.35. The first kappa shape index (κ1) is 17.2. The standard InChI is InChI=1S/C16H15ClN6OS/c1-3-8-23-14(10-6-4-5-7-11(10)24-2)21-22-16(23)25-13-9-12(17)19-15(18)20-13/h3-7,9H,1,8H2,2H3,(H2,18,19,20). The molecule has 128 valence electrons. The van der Waals surface area contributed by atoms with Crippen LogP contribution in [0.15, 0.2) is 53.2 Å². The molecule has 9 heteroatoms. The predicted octanol–water partition coefficient (Wildman–Crippen LogP) is 3.32. The summed E-state index contributed by atoms with van der Waals surface area (Å²) in [6.07, 6.45) is 1.77. The van der Waals surface area contributed by atoms with E-state index in [2.05, 4.69) is 26.7 Å². The number of rotatable bonds is 6. The highest BCUT2D eigenvalue weighted by atomic mass is 35.5. The number of ether oxygens (including phenoxy) is 1. The summed E-state index contributed by atoms with van der Waals surface area (Å²) in [5.74, 6) is 1.49. The molecule has 3 aromatic rings. The Morgan fingerprint density at radius 2 is 2.12 bits per heavy atom. The number of aromatic nitrogens is 5.